The van der Waals surface area contributed by atoms with E-state index in [4.69, 9.17) is 5.73 Å². The first kappa shape index (κ1) is 17.5. The van der Waals surface area contributed by atoms with Crippen LogP contribution >= 0.6 is 11.3 Å². The van der Waals surface area contributed by atoms with Crippen LogP contribution in [0.4, 0.5) is 11.4 Å². The number of hydrogen-bond donors (Lipinski definition) is 2. The van der Waals surface area contributed by atoms with Crippen LogP contribution in [-0.4, -0.2) is 15.7 Å². The summed E-state index contributed by atoms with van der Waals surface area (Å²) in [7, 11) is 0. The number of thiophene rings is 1. The second-order valence-corrected chi connectivity index (χ2v) is 7.66. The normalized spacial score (nSPS) is 14.0. The summed E-state index contributed by atoms with van der Waals surface area (Å²) in [5, 5.41) is 9.19. The number of rotatable bonds is 4. The summed E-state index contributed by atoms with van der Waals surface area (Å²) in [6.45, 7) is 1.65. The molecule has 1 aliphatic rings. The maximum absolute atomic E-state index is 12.7. The quantitative estimate of drug-likeness (QED) is 0.727. The number of benzene rings is 1. The van der Waals surface area contributed by atoms with Crippen molar-refractivity contribution < 1.29 is 4.79 Å². The third-order valence-corrected chi connectivity index (χ3v) is 5.74. The van der Waals surface area contributed by atoms with E-state index in [1.165, 1.54) is 22.5 Å². The number of hydrogen-bond acceptors (Lipinski definition) is 5. The molecule has 0 unspecified atom stereocenters. The minimum Gasteiger partial charge on any atom is -0.394 e. The molecule has 1 aliphatic carbocycles. The number of carbonyl (C=O) groups excluding carboxylic acids is 1. The largest absolute Gasteiger partial charge is 0.394 e. The maximum Gasteiger partial charge on any atom is 0.290 e. The van der Waals surface area contributed by atoms with E-state index < -0.39 is 11.6 Å². The predicted octanol–water partition coefficient (Wildman–Crippen LogP) is 3.24. The molecule has 0 bridgehead atoms. The van der Waals surface area contributed by atoms with Crippen molar-refractivity contribution in [3.63, 3.8) is 0 Å². The van der Waals surface area contributed by atoms with Gasteiger partial charge in [-0.25, -0.2) is 4.68 Å². The zero-order valence-electron chi connectivity index (χ0n) is 14.9. The standard InChI is InChI=1S/C20H20N4O2S/c1-12(19(25)22-15-8-7-13-4-2-5-14(13)10-15)24-20(26)16(21)11-17(23-24)18-6-3-9-27-18/h3,6-12H,2,4-5,21H2,1H3,(H,22,25)/t12-/m0/s1. The summed E-state index contributed by atoms with van der Waals surface area (Å²) in [5.41, 5.74) is 9.43. The summed E-state index contributed by atoms with van der Waals surface area (Å²) < 4.78 is 1.16. The third kappa shape index (κ3) is 3.38. The van der Waals surface area contributed by atoms with E-state index in [0.29, 0.717) is 5.69 Å². The molecule has 0 saturated heterocycles. The van der Waals surface area contributed by atoms with Gasteiger partial charge in [-0.05, 0) is 67.0 Å². The maximum atomic E-state index is 12.7. The van der Waals surface area contributed by atoms with Crippen molar-refractivity contribution in [1.82, 2.24) is 9.78 Å². The molecule has 2 heterocycles. The number of carbonyl (C=O) groups is 1. The van der Waals surface area contributed by atoms with Gasteiger partial charge in [0.2, 0.25) is 5.91 Å². The van der Waals surface area contributed by atoms with Crippen LogP contribution in [0.3, 0.4) is 0 Å². The highest BCUT2D eigenvalue weighted by molar-refractivity contribution is 7.13. The number of aromatic nitrogens is 2. The van der Waals surface area contributed by atoms with Gasteiger partial charge in [-0.3, -0.25) is 9.59 Å². The Morgan fingerprint density at radius 1 is 1.26 bits per heavy atom. The number of nitrogens with one attached hydrogen (secondary N) is 1. The van der Waals surface area contributed by atoms with E-state index in [1.807, 2.05) is 29.6 Å². The number of amides is 1. The van der Waals surface area contributed by atoms with Gasteiger partial charge in [0.25, 0.3) is 5.56 Å². The molecule has 7 heteroatoms. The fraction of sp³-hybridized carbons (Fsp3) is 0.250. The second kappa shape index (κ2) is 7.00. The van der Waals surface area contributed by atoms with Crippen molar-refractivity contribution in [2.24, 2.45) is 0 Å². The van der Waals surface area contributed by atoms with E-state index in [0.717, 1.165) is 34.5 Å². The lowest BCUT2D eigenvalue weighted by molar-refractivity contribution is -0.119. The minimum absolute atomic E-state index is 0.0746. The van der Waals surface area contributed by atoms with Crippen LogP contribution in [0.5, 0.6) is 0 Å². The topological polar surface area (TPSA) is 90.0 Å². The molecular formula is C20H20N4O2S. The van der Waals surface area contributed by atoms with Gasteiger partial charge in [-0.15, -0.1) is 11.3 Å². The summed E-state index contributed by atoms with van der Waals surface area (Å²) in [6.07, 6.45) is 3.28. The molecule has 4 rings (SSSR count). The first-order chi connectivity index (χ1) is 13.0. The van der Waals surface area contributed by atoms with Crippen molar-refractivity contribution in [1.29, 1.82) is 0 Å². The van der Waals surface area contributed by atoms with Gasteiger partial charge >= 0.3 is 0 Å². The first-order valence-electron chi connectivity index (χ1n) is 8.89. The molecular weight excluding hydrogens is 360 g/mol. The van der Waals surface area contributed by atoms with Gasteiger partial charge in [0.05, 0.1) is 4.88 Å². The third-order valence-electron chi connectivity index (χ3n) is 4.85. The second-order valence-electron chi connectivity index (χ2n) is 6.71. The van der Waals surface area contributed by atoms with Crippen molar-refractivity contribution in [2.45, 2.75) is 32.2 Å². The predicted molar refractivity (Wildman–Crippen MR) is 108 cm³/mol. The molecule has 0 saturated carbocycles. The van der Waals surface area contributed by atoms with Crippen LogP contribution in [0.15, 0.2) is 46.6 Å². The lowest BCUT2D eigenvalue weighted by atomic mass is 10.1. The highest BCUT2D eigenvalue weighted by Crippen LogP contribution is 2.26. The van der Waals surface area contributed by atoms with E-state index in [9.17, 15) is 9.59 Å². The Labute approximate surface area is 160 Å². The van der Waals surface area contributed by atoms with Gasteiger partial charge < -0.3 is 11.1 Å². The fourth-order valence-corrected chi connectivity index (χ4v) is 4.03. The van der Waals surface area contributed by atoms with Gasteiger partial charge in [0.1, 0.15) is 17.4 Å². The smallest absolute Gasteiger partial charge is 0.290 e. The average Bonchev–Trinajstić information content (AvgIpc) is 3.34. The fourth-order valence-electron chi connectivity index (χ4n) is 3.35. The molecule has 1 amide bonds. The number of nitrogens with two attached hydrogens (primary N) is 1. The van der Waals surface area contributed by atoms with Crippen LogP contribution in [0.2, 0.25) is 0 Å². The van der Waals surface area contributed by atoms with Gasteiger partial charge in [-0.1, -0.05) is 12.1 Å². The summed E-state index contributed by atoms with van der Waals surface area (Å²) in [6, 6.07) is 10.5. The zero-order valence-corrected chi connectivity index (χ0v) is 15.8. The number of aryl methyl sites for hydroxylation is 2. The van der Waals surface area contributed by atoms with Crippen LogP contribution in [0.25, 0.3) is 10.6 Å². The Hall–Kier alpha value is -2.93. The average molecular weight is 380 g/mol. The number of fused-ring (bicyclic) bond motifs is 1. The molecule has 0 aliphatic heterocycles. The number of nitrogens with zero attached hydrogens (tertiary/aromatic N) is 2. The monoisotopic (exact) mass is 380 g/mol. The molecule has 138 valence electrons. The summed E-state index contributed by atoms with van der Waals surface area (Å²) in [4.78, 5) is 26.1. The number of nitrogen functional groups attached to an aromatic ring is 1. The highest BCUT2D eigenvalue weighted by atomic mass is 32.1. The molecule has 6 nitrogen and oxygen atoms in total. The van der Waals surface area contributed by atoms with Crippen molar-refractivity contribution in [2.75, 3.05) is 11.1 Å². The molecule has 0 radical (unpaired) electrons. The Bertz CT molecular complexity index is 1060. The lowest BCUT2D eigenvalue weighted by Gasteiger charge is -2.16. The van der Waals surface area contributed by atoms with Crippen LogP contribution in [0, 0.1) is 0 Å². The van der Waals surface area contributed by atoms with Crippen molar-refractivity contribution >= 4 is 28.6 Å². The summed E-state index contributed by atoms with van der Waals surface area (Å²) in [5.74, 6) is -0.301. The minimum atomic E-state index is -0.784. The summed E-state index contributed by atoms with van der Waals surface area (Å²) >= 11 is 1.50. The number of anilines is 2. The van der Waals surface area contributed by atoms with Gasteiger partial charge in [0, 0.05) is 5.69 Å². The van der Waals surface area contributed by atoms with Crippen molar-refractivity contribution in [3.05, 3.63) is 63.3 Å². The van der Waals surface area contributed by atoms with Crippen LogP contribution in [-0.2, 0) is 17.6 Å². The Balaban J connectivity index is 1.61. The molecule has 3 aromatic rings. The Kier molecular flexibility index (Phi) is 4.53. The van der Waals surface area contributed by atoms with E-state index in [-0.39, 0.29) is 11.6 Å². The highest BCUT2D eigenvalue weighted by Gasteiger charge is 2.21. The zero-order chi connectivity index (χ0) is 19.0. The first-order valence-corrected chi connectivity index (χ1v) is 9.77. The van der Waals surface area contributed by atoms with Crippen molar-refractivity contribution in [3.8, 4) is 10.6 Å². The van der Waals surface area contributed by atoms with E-state index >= 15 is 0 Å². The van der Waals surface area contributed by atoms with E-state index in [1.54, 1.807) is 13.0 Å². The molecule has 0 fully saturated rings. The molecule has 2 aromatic heterocycles. The Morgan fingerprint density at radius 2 is 2.07 bits per heavy atom. The molecule has 27 heavy (non-hydrogen) atoms. The SMILES string of the molecule is C[C@@H](C(=O)Nc1ccc2c(c1)CCC2)n1nc(-c2cccs2)cc(N)c1=O. The lowest BCUT2D eigenvalue weighted by Crippen LogP contribution is -2.34. The van der Waals surface area contributed by atoms with Gasteiger partial charge in [0.15, 0.2) is 0 Å². The van der Waals surface area contributed by atoms with Crippen LogP contribution in [0.1, 0.15) is 30.5 Å². The molecule has 0 spiro atoms. The molecule has 1 atom stereocenters. The molecule has 3 N–H and O–H groups in total. The Morgan fingerprint density at radius 3 is 2.85 bits per heavy atom. The van der Waals surface area contributed by atoms with Gasteiger partial charge in [-0.2, -0.15) is 5.10 Å². The van der Waals surface area contributed by atoms with E-state index in [2.05, 4.69) is 16.5 Å². The van der Waals surface area contributed by atoms with Crippen LogP contribution < -0.4 is 16.6 Å². The molecule has 1 aromatic carbocycles.